The Labute approximate surface area is 151 Å². The molecule has 0 aromatic heterocycles. The number of aromatic hydroxyl groups is 1. The van der Waals surface area contributed by atoms with Crippen LogP contribution >= 0.6 is 0 Å². The average molecular weight is 338 g/mol. The van der Waals surface area contributed by atoms with Gasteiger partial charge < -0.3 is 10.5 Å². The van der Waals surface area contributed by atoms with Crippen LogP contribution in [-0.4, -0.2) is 10.8 Å². The van der Waals surface area contributed by atoms with Crippen LogP contribution in [0.4, 0.5) is 0 Å². The molecule has 1 atom stereocenters. The summed E-state index contributed by atoms with van der Waals surface area (Å²) in [5.74, 6) is 0.309. The van der Waals surface area contributed by atoms with Crippen LogP contribution < -0.4 is 5.43 Å². The van der Waals surface area contributed by atoms with Gasteiger partial charge in [0.1, 0.15) is 5.75 Å². The average Bonchev–Trinajstić information content (AvgIpc) is 3.16. The van der Waals surface area contributed by atoms with E-state index in [-0.39, 0.29) is 6.04 Å². The molecule has 1 aliphatic heterocycles. The van der Waals surface area contributed by atoms with Crippen LogP contribution in [0.5, 0.6) is 5.75 Å². The summed E-state index contributed by atoms with van der Waals surface area (Å²) >= 11 is 0. The molecule has 0 amide bonds. The first kappa shape index (κ1) is 15.0. The third-order valence-electron chi connectivity index (χ3n) is 5.12. The molecule has 4 aromatic carbocycles. The van der Waals surface area contributed by atoms with E-state index in [2.05, 4.69) is 65.1 Å². The Hall–Kier alpha value is -3.33. The molecular weight excluding hydrogens is 320 g/mol. The monoisotopic (exact) mass is 338 g/mol. The maximum atomic E-state index is 10.2. The third kappa shape index (κ3) is 2.32. The maximum absolute atomic E-state index is 10.2. The number of phenolic OH excluding ortho intramolecular Hbond substituents is 1. The predicted molar refractivity (Wildman–Crippen MR) is 107 cm³/mol. The van der Waals surface area contributed by atoms with Crippen LogP contribution in [0.25, 0.3) is 21.5 Å². The fraction of sp³-hybridized carbons (Fsp3) is 0.0870. The van der Waals surface area contributed by atoms with E-state index in [1.807, 2.05) is 18.2 Å². The van der Waals surface area contributed by atoms with Gasteiger partial charge in [0.05, 0.1) is 11.8 Å². The Balaban J connectivity index is 1.66. The standard InChI is InChI=1S/C23H18N2O/c26-22-12-6-5-11-19(22)20-14-21(25-24-20)23-17-9-3-1-7-15(17)13-16-8-2-4-10-18(16)23/h1-13,20,24,26H,14H2/t20-/m0/s1. The van der Waals surface area contributed by atoms with Gasteiger partial charge in [0.25, 0.3) is 0 Å². The molecule has 0 saturated heterocycles. The second kappa shape index (κ2) is 5.88. The third-order valence-corrected chi connectivity index (χ3v) is 5.12. The molecule has 2 N–H and O–H groups in total. The SMILES string of the molecule is Oc1ccccc1[C@@H]1CC(c2c3ccccc3cc3ccccc23)=NN1. The Morgan fingerprint density at radius 3 is 2.12 bits per heavy atom. The number of para-hydroxylation sites is 1. The molecule has 4 aromatic rings. The summed E-state index contributed by atoms with van der Waals surface area (Å²) < 4.78 is 0. The molecule has 0 radical (unpaired) electrons. The van der Waals surface area contributed by atoms with E-state index in [1.54, 1.807) is 6.07 Å². The fourth-order valence-corrected chi connectivity index (χ4v) is 3.88. The van der Waals surface area contributed by atoms with Crippen molar-refractivity contribution < 1.29 is 5.11 Å². The zero-order valence-corrected chi connectivity index (χ0v) is 14.2. The van der Waals surface area contributed by atoms with Crippen LogP contribution in [0.1, 0.15) is 23.6 Å². The number of nitrogens with zero attached hydrogens (tertiary/aromatic N) is 1. The zero-order valence-electron chi connectivity index (χ0n) is 14.2. The van der Waals surface area contributed by atoms with E-state index >= 15 is 0 Å². The zero-order chi connectivity index (χ0) is 17.5. The molecule has 3 nitrogen and oxygen atoms in total. The van der Waals surface area contributed by atoms with Gasteiger partial charge in [0.2, 0.25) is 0 Å². The second-order valence-corrected chi connectivity index (χ2v) is 6.70. The number of fused-ring (bicyclic) bond motifs is 2. The quantitative estimate of drug-likeness (QED) is 0.497. The van der Waals surface area contributed by atoms with Gasteiger partial charge in [0, 0.05) is 17.5 Å². The van der Waals surface area contributed by atoms with Crippen molar-refractivity contribution in [2.24, 2.45) is 5.10 Å². The number of benzene rings is 4. The van der Waals surface area contributed by atoms with Crippen LogP contribution in [0.3, 0.4) is 0 Å². The molecule has 0 aliphatic carbocycles. The van der Waals surface area contributed by atoms with Crippen molar-refractivity contribution in [3.63, 3.8) is 0 Å². The summed E-state index contributed by atoms with van der Waals surface area (Å²) in [6.45, 7) is 0. The highest BCUT2D eigenvalue weighted by atomic mass is 16.3. The lowest BCUT2D eigenvalue weighted by Gasteiger charge is -2.13. The van der Waals surface area contributed by atoms with Crippen molar-refractivity contribution in [1.29, 1.82) is 0 Å². The van der Waals surface area contributed by atoms with Crippen molar-refractivity contribution in [2.45, 2.75) is 12.5 Å². The van der Waals surface area contributed by atoms with Gasteiger partial charge in [-0.05, 0) is 33.7 Å². The lowest BCUT2D eigenvalue weighted by Crippen LogP contribution is -2.10. The fourth-order valence-electron chi connectivity index (χ4n) is 3.88. The van der Waals surface area contributed by atoms with Gasteiger partial charge in [0.15, 0.2) is 0 Å². The summed E-state index contributed by atoms with van der Waals surface area (Å²) in [6.07, 6.45) is 0.746. The molecule has 3 heteroatoms. The number of phenols is 1. The Bertz CT molecular complexity index is 1110. The largest absolute Gasteiger partial charge is 0.508 e. The summed E-state index contributed by atoms with van der Waals surface area (Å²) in [4.78, 5) is 0. The number of rotatable bonds is 2. The first-order valence-electron chi connectivity index (χ1n) is 8.82. The first-order chi connectivity index (χ1) is 12.8. The molecule has 126 valence electrons. The van der Waals surface area contributed by atoms with Crippen molar-refractivity contribution in [3.8, 4) is 5.75 Å². The molecule has 0 saturated carbocycles. The molecular formula is C23H18N2O. The lowest BCUT2D eigenvalue weighted by atomic mass is 9.91. The number of hydrazone groups is 1. The lowest BCUT2D eigenvalue weighted by molar-refractivity contribution is 0.455. The normalized spacial score (nSPS) is 16.6. The van der Waals surface area contributed by atoms with Gasteiger partial charge >= 0.3 is 0 Å². The minimum absolute atomic E-state index is 0.0102. The molecule has 1 heterocycles. The van der Waals surface area contributed by atoms with Crippen molar-refractivity contribution in [2.75, 3.05) is 0 Å². The second-order valence-electron chi connectivity index (χ2n) is 6.70. The van der Waals surface area contributed by atoms with E-state index in [0.29, 0.717) is 5.75 Å². The van der Waals surface area contributed by atoms with Crippen LogP contribution in [-0.2, 0) is 0 Å². The van der Waals surface area contributed by atoms with E-state index in [4.69, 9.17) is 0 Å². The van der Waals surface area contributed by atoms with Crippen LogP contribution in [0.15, 0.2) is 84.0 Å². The van der Waals surface area contributed by atoms with Crippen molar-refractivity contribution in [3.05, 3.63) is 90.0 Å². The molecule has 26 heavy (non-hydrogen) atoms. The Morgan fingerprint density at radius 1 is 0.808 bits per heavy atom. The van der Waals surface area contributed by atoms with E-state index in [9.17, 15) is 5.11 Å². The number of hydrogen-bond donors (Lipinski definition) is 2. The Morgan fingerprint density at radius 2 is 1.42 bits per heavy atom. The van der Waals surface area contributed by atoms with Crippen LogP contribution in [0.2, 0.25) is 0 Å². The Kier molecular flexibility index (Phi) is 3.39. The molecule has 5 rings (SSSR count). The number of hydrogen-bond acceptors (Lipinski definition) is 3. The highest BCUT2D eigenvalue weighted by molar-refractivity contribution is 6.21. The minimum atomic E-state index is -0.0102. The van der Waals surface area contributed by atoms with Gasteiger partial charge in [-0.1, -0.05) is 66.7 Å². The van der Waals surface area contributed by atoms with E-state index in [0.717, 1.165) is 17.7 Å². The van der Waals surface area contributed by atoms with E-state index in [1.165, 1.54) is 27.1 Å². The smallest absolute Gasteiger partial charge is 0.120 e. The summed E-state index contributed by atoms with van der Waals surface area (Å²) in [5.41, 5.74) is 6.32. The first-order valence-corrected chi connectivity index (χ1v) is 8.82. The molecule has 0 fully saturated rings. The topological polar surface area (TPSA) is 44.6 Å². The number of nitrogens with one attached hydrogen (secondary N) is 1. The maximum Gasteiger partial charge on any atom is 0.120 e. The van der Waals surface area contributed by atoms with Gasteiger partial charge in [-0.25, -0.2) is 0 Å². The van der Waals surface area contributed by atoms with Crippen molar-refractivity contribution >= 4 is 27.3 Å². The molecule has 0 bridgehead atoms. The summed E-state index contributed by atoms with van der Waals surface area (Å²) in [5, 5.41) is 19.7. The minimum Gasteiger partial charge on any atom is -0.508 e. The van der Waals surface area contributed by atoms with Crippen LogP contribution in [0, 0.1) is 0 Å². The molecule has 0 unspecified atom stereocenters. The molecule has 1 aliphatic rings. The van der Waals surface area contributed by atoms with E-state index < -0.39 is 0 Å². The highest BCUT2D eigenvalue weighted by Crippen LogP contribution is 2.35. The van der Waals surface area contributed by atoms with Gasteiger partial charge in [-0.3, -0.25) is 0 Å². The predicted octanol–water partition coefficient (Wildman–Crippen LogP) is 5.14. The summed E-state index contributed by atoms with van der Waals surface area (Å²) in [7, 11) is 0. The highest BCUT2D eigenvalue weighted by Gasteiger charge is 2.25. The van der Waals surface area contributed by atoms with Gasteiger partial charge in [-0.15, -0.1) is 0 Å². The molecule has 0 spiro atoms. The van der Waals surface area contributed by atoms with Crippen molar-refractivity contribution in [1.82, 2.24) is 5.43 Å². The summed E-state index contributed by atoms with van der Waals surface area (Å²) in [6, 6.07) is 26.6. The van der Waals surface area contributed by atoms with Gasteiger partial charge in [-0.2, -0.15) is 5.10 Å².